The molecule has 0 aliphatic carbocycles. The minimum absolute atomic E-state index is 0.0966. The largest absolute Gasteiger partial charge is 0.343 e. The third kappa shape index (κ3) is 2.83. The molecule has 120 valence electrons. The number of carbonyl (C=O) groups is 2. The molecule has 0 saturated carbocycles. The fourth-order valence-corrected chi connectivity index (χ4v) is 3.80. The summed E-state index contributed by atoms with van der Waals surface area (Å²) < 4.78 is 2.21. The van der Waals surface area contributed by atoms with Crippen molar-refractivity contribution < 1.29 is 9.59 Å². The lowest BCUT2D eigenvalue weighted by Crippen LogP contribution is -2.30. The Bertz CT molecular complexity index is 918. The molecule has 4 rings (SSSR count). The maximum atomic E-state index is 11.8. The first-order chi connectivity index (χ1) is 11.7. The molecule has 1 atom stereocenters. The highest BCUT2D eigenvalue weighted by molar-refractivity contribution is 8.26. The van der Waals surface area contributed by atoms with Gasteiger partial charge in [-0.25, -0.2) is 0 Å². The molecule has 1 amide bonds. The van der Waals surface area contributed by atoms with Crippen LogP contribution < -0.4 is 5.32 Å². The van der Waals surface area contributed by atoms with Gasteiger partial charge < -0.3 is 9.88 Å². The number of rotatable bonds is 4. The fourth-order valence-electron chi connectivity index (χ4n) is 3.13. The van der Waals surface area contributed by atoms with E-state index in [0.29, 0.717) is 6.42 Å². The molecule has 3 aromatic rings. The van der Waals surface area contributed by atoms with Gasteiger partial charge in [-0.3, -0.25) is 9.59 Å². The van der Waals surface area contributed by atoms with E-state index in [9.17, 15) is 9.59 Å². The summed E-state index contributed by atoms with van der Waals surface area (Å²) in [5, 5.41) is 3.52. The average molecular weight is 336 g/mol. The lowest BCUT2D eigenvalue weighted by Gasteiger charge is -2.10. The highest BCUT2D eigenvalue weighted by Crippen LogP contribution is 2.25. The molecule has 1 aliphatic heterocycles. The molecule has 2 heterocycles. The third-order valence-corrected chi connectivity index (χ3v) is 5.08. The summed E-state index contributed by atoms with van der Waals surface area (Å²) >= 11 is 0.766. The van der Waals surface area contributed by atoms with Gasteiger partial charge in [0.2, 0.25) is 5.12 Å². The van der Waals surface area contributed by atoms with Crippen molar-refractivity contribution in [2.45, 2.75) is 19.0 Å². The molecule has 0 radical (unpaired) electrons. The van der Waals surface area contributed by atoms with Crippen LogP contribution in [0.1, 0.15) is 11.1 Å². The molecule has 1 saturated heterocycles. The molecule has 2 aromatic carbocycles. The second-order valence-corrected chi connectivity index (χ2v) is 6.87. The zero-order valence-electron chi connectivity index (χ0n) is 12.9. The molecule has 0 bridgehead atoms. The number of hydrogen-bond acceptors (Lipinski definition) is 3. The quantitative estimate of drug-likeness (QED) is 0.792. The first-order valence-electron chi connectivity index (χ1n) is 7.83. The number of amides is 1. The van der Waals surface area contributed by atoms with Crippen LogP contribution in [-0.2, 0) is 17.8 Å². The van der Waals surface area contributed by atoms with Crippen LogP contribution in [0.25, 0.3) is 10.9 Å². The van der Waals surface area contributed by atoms with Gasteiger partial charge in [-0.2, -0.15) is 0 Å². The second kappa shape index (κ2) is 6.17. The van der Waals surface area contributed by atoms with Crippen LogP contribution in [0, 0.1) is 0 Å². The Balaban J connectivity index is 1.64. The number of nitrogens with one attached hydrogen (secondary N) is 1. The molecular weight excluding hydrogens is 320 g/mol. The molecule has 0 spiro atoms. The Hall–Kier alpha value is -2.53. The van der Waals surface area contributed by atoms with E-state index in [1.54, 1.807) is 0 Å². The van der Waals surface area contributed by atoms with E-state index in [1.807, 2.05) is 30.3 Å². The summed E-state index contributed by atoms with van der Waals surface area (Å²) in [7, 11) is 0. The Morgan fingerprint density at radius 3 is 2.58 bits per heavy atom. The highest BCUT2D eigenvalue weighted by atomic mass is 32.2. The van der Waals surface area contributed by atoms with E-state index in [1.165, 1.54) is 5.56 Å². The van der Waals surface area contributed by atoms with Gasteiger partial charge in [0.1, 0.15) is 6.04 Å². The maximum Gasteiger partial charge on any atom is 0.287 e. The summed E-state index contributed by atoms with van der Waals surface area (Å²) in [4.78, 5) is 23.2. The Morgan fingerprint density at radius 1 is 1.00 bits per heavy atom. The van der Waals surface area contributed by atoms with E-state index in [2.05, 4.69) is 40.3 Å². The van der Waals surface area contributed by atoms with Crippen molar-refractivity contribution in [1.29, 1.82) is 0 Å². The molecule has 1 aromatic heterocycles. The smallest absolute Gasteiger partial charge is 0.287 e. The van der Waals surface area contributed by atoms with Gasteiger partial charge in [-0.1, -0.05) is 42.5 Å². The summed E-state index contributed by atoms with van der Waals surface area (Å²) in [6.07, 6.45) is 2.61. The van der Waals surface area contributed by atoms with E-state index in [4.69, 9.17) is 0 Å². The lowest BCUT2D eigenvalue weighted by atomic mass is 10.0. The van der Waals surface area contributed by atoms with Gasteiger partial charge in [-0.05, 0) is 23.3 Å². The molecule has 5 heteroatoms. The van der Waals surface area contributed by atoms with Gasteiger partial charge in [-0.15, -0.1) is 0 Å². The minimum atomic E-state index is -0.425. The molecule has 1 N–H and O–H groups in total. The standard InChI is InChI=1S/C19H16N2O2S/c22-18-16(20-19(23)24-18)11-14-7-4-8-17-15(14)9-10-21(17)12-13-5-2-1-3-6-13/h1-10,16H,11-12H2,(H,20,23). The van der Waals surface area contributed by atoms with Crippen molar-refractivity contribution in [1.82, 2.24) is 9.88 Å². The summed E-state index contributed by atoms with van der Waals surface area (Å²) in [6, 6.07) is 18.1. The van der Waals surface area contributed by atoms with Crippen molar-refractivity contribution in [3.8, 4) is 0 Å². The number of fused-ring (bicyclic) bond motifs is 1. The minimum Gasteiger partial charge on any atom is -0.343 e. The van der Waals surface area contributed by atoms with Crippen LogP contribution in [0.5, 0.6) is 0 Å². The Morgan fingerprint density at radius 2 is 1.83 bits per heavy atom. The van der Waals surface area contributed by atoms with Gasteiger partial charge in [0.15, 0.2) is 0 Å². The normalized spacial score (nSPS) is 17.4. The topological polar surface area (TPSA) is 51.1 Å². The lowest BCUT2D eigenvalue weighted by molar-refractivity contribution is -0.112. The zero-order valence-corrected chi connectivity index (χ0v) is 13.8. The van der Waals surface area contributed by atoms with Crippen LogP contribution in [0.3, 0.4) is 0 Å². The Kier molecular flexibility index (Phi) is 3.86. The van der Waals surface area contributed by atoms with Crippen LogP contribution in [0.15, 0.2) is 60.8 Å². The van der Waals surface area contributed by atoms with Crippen molar-refractivity contribution in [3.05, 3.63) is 71.9 Å². The van der Waals surface area contributed by atoms with Gasteiger partial charge in [0, 0.05) is 41.8 Å². The molecule has 1 aliphatic rings. The van der Waals surface area contributed by atoms with Gasteiger partial charge in [0.25, 0.3) is 5.24 Å². The van der Waals surface area contributed by atoms with Crippen LogP contribution in [-0.4, -0.2) is 21.0 Å². The van der Waals surface area contributed by atoms with Crippen molar-refractivity contribution in [3.63, 3.8) is 0 Å². The first kappa shape index (κ1) is 15.0. The van der Waals surface area contributed by atoms with Crippen molar-refractivity contribution in [2.75, 3.05) is 0 Å². The molecule has 1 unspecified atom stereocenters. The number of thioether (sulfide) groups is 1. The first-order valence-corrected chi connectivity index (χ1v) is 8.65. The molecule has 24 heavy (non-hydrogen) atoms. The van der Waals surface area contributed by atoms with Crippen molar-refractivity contribution >= 4 is 33.0 Å². The summed E-state index contributed by atoms with van der Waals surface area (Å²) in [5.41, 5.74) is 3.47. The third-order valence-electron chi connectivity index (χ3n) is 4.29. The predicted octanol–water partition coefficient (Wildman–Crippen LogP) is 3.58. The summed E-state index contributed by atoms with van der Waals surface area (Å²) in [6.45, 7) is 0.808. The number of benzene rings is 2. The monoisotopic (exact) mass is 336 g/mol. The van der Waals surface area contributed by atoms with Gasteiger partial charge in [0.05, 0.1) is 0 Å². The van der Waals surface area contributed by atoms with E-state index >= 15 is 0 Å². The van der Waals surface area contributed by atoms with Gasteiger partial charge >= 0.3 is 0 Å². The summed E-state index contributed by atoms with van der Waals surface area (Å²) in [5.74, 6) is 0. The number of hydrogen-bond donors (Lipinski definition) is 1. The maximum absolute atomic E-state index is 11.8. The predicted molar refractivity (Wildman–Crippen MR) is 96.1 cm³/mol. The molecule has 1 fully saturated rings. The van der Waals surface area contributed by atoms with E-state index in [-0.39, 0.29) is 10.4 Å². The van der Waals surface area contributed by atoms with Crippen LogP contribution in [0.2, 0.25) is 0 Å². The Labute approximate surface area is 143 Å². The van der Waals surface area contributed by atoms with E-state index < -0.39 is 6.04 Å². The SMILES string of the molecule is O=C1NC(Cc2cccc3c2ccn3Cc2ccccc2)C(=O)S1. The van der Waals surface area contributed by atoms with E-state index in [0.717, 1.165) is 34.8 Å². The average Bonchev–Trinajstić information content (AvgIpc) is 3.13. The van der Waals surface area contributed by atoms with Crippen molar-refractivity contribution in [2.24, 2.45) is 0 Å². The fraction of sp³-hybridized carbons (Fsp3) is 0.158. The highest BCUT2D eigenvalue weighted by Gasteiger charge is 2.31. The number of nitrogens with zero attached hydrogens (tertiary/aromatic N) is 1. The second-order valence-electron chi connectivity index (χ2n) is 5.89. The molecule has 4 nitrogen and oxygen atoms in total. The van der Waals surface area contributed by atoms with Crippen LogP contribution in [0.4, 0.5) is 4.79 Å². The van der Waals surface area contributed by atoms with Crippen LogP contribution >= 0.6 is 11.8 Å². The zero-order chi connectivity index (χ0) is 16.5. The number of aromatic nitrogens is 1. The number of carbonyl (C=O) groups excluding carboxylic acids is 2. The molecular formula is C19H16N2O2S.